The van der Waals surface area contributed by atoms with Crippen molar-refractivity contribution in [3.8, 4) is 0 Å². The molecule has 1 aromatic rings. The number of nitrogens with one attached hydrogen (secondary N) is 1. The van der Waals surface area contributed by atoms with E-state index in [1.807, 2.05) is 13.8 Å². The number of nitrogens with zero attached hydrogens (tertiary/aromatic N) is 1. The van der Waals surface area contributed by atoms with Gasteiger partial charge in [0.1, 0.15) is 6.04 Å². The molecule has 1 saturated heterocycles. The molecule has 2 aliphatic rings. The number of carbonyl (C=O) groups is 2. The van der Waals surface area contributed by atoms with Crippen LogP contribution < -0.4 is 5.32 Å². The van der Waals surface area contributed by atoms with Gasteiger partial charge >= 0.3 is 0 Å². The number of rotatable bonds is 6. The predicted octanol–water partition coefficient (Wildman–Crippen LogP) is 3.61. The summed E-state index contributed by atoms with van der Waals surface area (Å²) in [5.74, 6) is -1.93. The van der Waals surface area contributed by atoms with Crippen LogP contribution in [0.2, 0.25) is 0 Å². The fraction of sp³-hybridized carbons (Fsp3) is 0.619. The lowest BCUT2D eigenvalue weighted by Gasteiger charge is -2.40. The van der Waals surface area contributed by atoms with Crippen LogP contribution in [0.15, 0.2) is 18.2 Å². The highest BCUT2D eigenvalue weighted by atomic mass is 19.2. The number of hydrogen-bond donors (Lipinski definition) is 1. The first-order valence-corrected chi connectivity index (χ1v) is 9.87. The lowest BCUT2D eigenvalue weighted by molar-refractivity contribution is -0.146. The second kappa shape index (κ2) is 7.95. The number of piperazine rings is 1. The average Bonchev–Trinajstić information content (AvgIpc) is 3.39. The van der Waals surface area contributed by atoms with E-state index in [9.17, 15) is 18.4 Å². The van der Waals surface area contributed by atoms with Gasteiger partial charge in [0, 0.05) is 18.5 Å². The fourth-order valence-corrected chi connectivity index (χ4v) is 4.08. The molecule has 0 bridgehead atoms. The molecule has 4 unspecified atom stereocenters. The number of hydrogen-bond acceptors (Lipinski definition) is 2. The van der Waals surface area contributed by atoms with Crippen molar-refractivity contribution in [2.75, 3.05) is 6.54 Å². The Hall–Kier alpha value is -1.98. The Labute approximate surface area is 159 Å². The van der Waals surface area contributed by atoms with Gasteiger partial charge in [-0.15, -0.1) is 0 Å². The highest BCUT2D eigenvalue weighted by molar-refractivity contribution is 5.91. The number of benzene rings is 1. The largest absolute Gasteiger partial charge is 0.350 e. The summed E-state index contributed by atoms with van der Waals surface area (Å²) in [5, 5.41) is 3.05. The monoisotopic (exact) mass is 378 g/mol. The smallest absolute Gasteiger partial charge is 0.243 e. The molecular formula is C21H28F2N2O2. The Morgan fingerprint density at radius 3 is 2.67 bits per heavy atom. The van der Waals surface area contributed by atoms with Crippen LogP contribution in [0.25, 0.3) is 0 Å². The Balaban J connectivity index is 1.75. The third kappa shape index (κ3) is 4.30. The second-order valence-corrected chi connectivity index (χ2v) is 8.25. The topological polar surface area (TPSA) is 49.4 Å². The zero-order valence-corrected chi connectivity index (χ0v) is 16.2. The van der Waals surface area contributed by atoms with Gasteiger partial charge < -0.3 is 10.2 Å². The first-order valence-electron chi connectivity index (χ1n) is 9.87. The zero-order valence-electron chi connectivity index (χ0n) is 16.2. The van der Waals surface area contributed by atoms with Crippen molar-refractivity contribution < 1.29 is 18.4 Å². The van der Waals surface area contributed by atoms with Gasteiger partial charge in [-0.25, -0.2) is 8.78 Å². The van der Waals surface area contributed by atoms with Crippen molar-refractivity contribution in [3.05, 3.63) is 35.4 Å². The van der Waals surface area contributed by atoms with Gasteiger partial charge in [0.25, 0.3) is 0 Å². The van der Waals surface area contributed by atoms with Crippen molar-refractivity contribution >= 4 is 11.8 Å². The third-order valence-corrected chi connectivity index (χ3v) is 5.54. The Bertz CT molecular complexity index is 722. The molecule has 1 heterocycles. The molecule has 3 rings (SSSR count). The molecule has 1 aromatic carbocycles. The highest BCUT2D eigenvalue weighted by Crippen LogP contribution is 2.49. The van der Waals surface area contributed by atoms with Crippen molar-refractivity contribution in [1.29, 1.82) is 0 Å². The molecule has 2 fully saturated rings. The molecule has 0 radical (unpaired) electrons. The van der Waals surface area contributed by atoms with E-state index in [1.165, 1.54) is 6.07 Å². The van der Waals surface area contributed by atoms with Crippen LogP contribution in [0, 0.1) is 23.5 Å². The van der Waals surface area contributed by atoms with E-state index < -0.39 is 17.7 Å². The first-order chi connectivity index (χ1) is 12.8. The van der Waals surface area contributed by atoms with Crippen molar-refractivity contribution in [3.63, 3.8) is 0 Å². The van der Waals surface area contributed by atoms with Gasteiger partial charge in [0.2, 0.25) is 11.8 Å². The number of carbonyl (C=O) groups excluding carboxylic acids is 2. The minimum Gasteiger partial charge on any atom is -0.350 e. The molecule has 0 aromatic heterocycles. The summed E-state index contributed by atoms with van der Waals surface area (Å²) in [6, 6.07) is 3.37. The molecular weight excluding hydrogens is 350 g/mol. The molecule has 2 amide bonds. The van der Waals surface area contributed by atoms with Crippen LogP contribution in [0.4, 0.5) is 8.78 Å². The maximum absolute atomic E-state index is 13.5. The molecule has 27 heavy (non-hydrogen) atoms. The number of amides is 2. The molecule has 4 atom stereocenters. The Morgan fingerprint density at radius 2 is 2.04 bits per heavy atom. The molecule has 1 aliphatic carbocycles. The van der Waals surface area contributed by atoms with Crippen LogP contribution in [0.5, 0.6) is 0 Å². The molecule has 4 nitrogen and oxygen atoms in total. The van der Waals surface area contributed by atoms with Crippen LogP contribution in [0.1, 0.15) is 57.9 Å². The summed E-state index contributed by atoms with van der Waals surface area (Å²) in [4.78, 5) is 27.5. The number of halogens is 2. The average molecular weight is 378 g/mol. The third-order valence-electron chi connectivity index (χ3n) is 5.54. The van der Waals surface area contributed by atoms with E-state index in [0.717, 1.165) is 18.9 Å². The quantitative estimate of drug-likeness (QED) is 0.822. The molecule has 0 spiro atoms. The van der Waals surface area contributed by atoms with Gasteiger partial charge in [0.15, 0.2) is 11.6 Å². The Kier molecular flexibility index (Phi) is 5.82. The summed E-state index contributed by atoms with van der Waals surface area (Å²) in [6.45, 7) is 6.65. The lowest BCUT2D eigenvalue weighted by atomic mass is 9.96. The first kappa shape index (κ1) is 19.8. The van der Waals surface area contributed by atoms with E-state index >= 15 is 0 Å². The van der Waals surface area contributed by atoms with Gasteiger partial charge in [0.05, 0.1) is 0 Å². The minimum absolute atomic E-state index is 0.0182. The summed E-state index contributed by atoms with van der Waals surface area (Å²) in [6.07, 6.45) is 3.01. The standard InChI is InChI=1S/C21H28F2N2O2/c1-4-5-14-11-25(19(8-12(2)3)20(26)24-14)21(27)16-10-15(16)13-6-7-17(22)18(23)9-13/h6-7,9,12,14-16,19H,4-5,8,10-11H2,1-3H3,(H,24,26). The van der Waals surface area contributed by atoms with E-state index in [1.54, 1.807) is 11.0 Å². The summed E-state index contributed by atoms with van der Waals surface area (Å²) in [5.41, 5.74) is 0.652. The summed E-state index contributed by atoms with van der Waals surface area (Å²) < 4.78 is 26.7. The maximum atomic E-state index is 13.5. The minimum atomic E-state index is -0.886. The van der Waals surface area contributed by atoms with Gasteiger partial charge in [-0.1, -0.05) is 33.3 Å². The highest BCUT2D eigenvalue weighted by Gasteiger charge is 2.49. The van der Waals surface area contributed by atoms with Crippen LogP contribution >= 0.6 is 0 Å². The predicted molar refractivity (Wildman–Crippen MR) is 99.0 cm³/mol. The molecule has 1 N–H and O–H groups in total. The second-order valence-electron chi connectivity index (χ2n) is 8.25. The normalized spacial score (nSPS) is 27.6. The lowest BCUT2D eigenvalue weighted by Crippen LogP contribution is -2.62. The zero-order chi connectivity index (χ0) is 19.7. The molecule has 1 saturated carbocycles. The molecule has 6 heteroatoms. The maximum Gasteiger partial charge on any atom is 0.243 e. The van der Waals surface area contributed by atoms with E-state index in [0.29, 0.717) is 30.9 Å². The molecule has 148 valence electrons. The van der Waals surface area contributed by atoms with Crippen LogP contribution in [-0.4, -0.2) is 35.3 Å². The fourth-order valence-electron chi connectivity index (χ4n) is 4.08. The van der Waals surface area contributed by atoms with Gasteiger partial charge in [-0.3, -0.25) is 9.59 Å². The van der Waals surface area contributed by atoms with Gasteiger partial charge in [-0.2, -0.15) is 0 Å². The van der Waals surface area contributed by atoms with E-state index in [2.05, 4.69) is 12.2 Å². The van der Waals surface area contributed by atoms with Crippen LogP contribution in [-0.2, 0) is 9.59 Å². The molecule has 1 aliphatic heterocycles. The summed E-state index contributed by atoms with van der Waals surface area (Å²) >= 11 is 0. The van der Waals surface area contributed by atoms with E-state index in [-0.39, 0.29) is 29.7 Å². The van der Waals surface area contributed by atoms with Crippen molar-refractivity contribution in [1.82, 2.24) is 10.2 Å². The van der Waals surface area contributed by atoms with Crippen molar-refractivity contribution in [2.45, 2.75) is 64.5 Å². The van der Waals surface area contributed by atoms with Crippen LogP contribution in [0.3, 0.4) is 0 Å². The summed E-state index contributed by atoms with van der Waals surface area (Å²) in [7, 11) is 0. The van der Waals surface area contributed by atoms with E-state index in [4.69, 9.17) is 0 Å². The SMILES string of the molecule is CCCC1CN(C(=O)C2CC2c2ccc(F)c(F)c2)C(CC(C)C)C(=O)N1. The van der Waals surface area contributed by atoms with Gasteiger partial charge in [-0.05, 0) is 48.8 Å². The Morgan fingerprint density at radius 1 is 1.30 bits per heavy atom. The van der Waals surface area contributed by atoms with Crippen molar-refractivity contribution in [2.24, 2.45) is 11.8 Å².